The summed E-state index contributed by atoms with van der Waals surface area (Å²) >= 11 is 6.07. The van der Waals surface area contributed by atoms with Crippen LogP contribution in [0, 0.1) is 10.1 Å². The van der Waals surface area contributed by atoms with Crippen molar-refractivity contribution in [1.29, 1.82) is 0 Å². The zero-order chi connectivity index (χ0) is 17.8. The molecule has 1 N–H and O–H groups in total. The summed E-state index contributed by atoms with van der Waals surface area (Å²) in [5.41, 5.74) is 1.99. The molecule has 2 aromatic heterocycles. The minimum absolute atomic E-state index is 0.101. The first-order valence-electron chi connectivity index (χ1n) is 7.65. The molecule has 0 bridgehead atoms. The quantitative estimate of drug-likeness (QED) is 0.531. The van der Waals surface area contributed by atoms with E-state index in [-0.39, 0.29) is 16.8 Å². The Bertz CT molecular complexity index is 882. The normalized spacial score (nSPS) is 11.9. The number of halogens is 1. The number of nitrogens with one attached hydrogen (secondary N) is 1. The third-order valence-corrected chi connectivity index (χ3v) is 4.02. The average molecular weight is 358 g/mol. The molecule has 0 amide bonds. The molecule has 3 rings (SSSR count). The smallest absolute Gasteiger partial charge is 0.289 e. The van der Waals surface area contributed by atoms with E-state index in [1.54, 1.807) is 6.20 Å². The van der Waals surface area contributed by atoms with Gasteiger partial charge in [-0.1, -0.05) is 41.9 Å². The van der Waals surface area contributed by atoms with Crippen LogP contribution in [0.25, 0.3) is 0 Å². The molecule has 8 heteroatoms. The van der Waals surface area contributed by atoms with Crippen LogP contribution in [-0.4, -0.2) is 19.7 Å². The van der Waals surface area contributed by atoms with Gasteiger partial charge in [0.25, 0.3) is 5.69 Å². The number of nitro groups is 1. The first-order chi connectivity index (χ1) is 12.0. The van der Waals surface area contributed by atoms with Crippen LogP contribution >= 0.6 is 11.6 Å². The Hall–Kier alpha value is -2.93. The summed E-state index contributed by atoms with van der Waals surface area (Å²) in [6, 6.07) is 11.2. The van der Waals surface area contributed by atoms with Crippen LogP contribution in [0.2, 0.25) is 5.02 Å². The van der Waals surface area contributed by atoms with Gasteiger partial charge in [0.1, 0.15) is 12.0 Å². The lowest BCUT2D eigenvalue weighted by atomic mass is 10.2. The van der Waals surface area contributed by atoms with E-state index in [1.165, 1.54) is 12.3 Å². The fourth-order valence-corrected chi connectivity index (χ4v) is 2.60. The Kier molecular flexibility index (Phi) is 4.95. The first-order valence-corrected chi connectivity index (χ1v) is 8.03. The first kappa shape index (κ1) is 16.9. The van der Waals surface area contributed by atoms with Gasteiger partial charge in [0.05, 0.1) is 28.7 Å². The largest absolute Gasteiger partial charge is 0.362 e. The maximum Gasteiger partial charge on any atom is 0.289 e. The molecule has 1 aromatic carbocycles. The van der Waals surface area contributed by atoms with Crippen molar-refractivity contribution in [3.05, 3.63) is 81.3 Å². The third kappa shape index (κ3) is 4.13. The second-order valence-corrected chi connectivity index (χ2v) is 6.01. The van der Waals surface area contributed by atoms with E-state index in [0.717, 1.165) is 11.1 Å². The lowest BCUT2D eigenvalue weighted by Gasteiger charge is -2.13. The zero-order valence-electron chi connectivity index (χ0n) is 13.5. The molecule has 7 nitrogen and oxygen atoms in total. The van der Waals surface area contributed by atoms with Gasteiger partial charge < -0.3 is 5.32 Å². The second kappa shape index (κ2) is 7.31. The van der Waals surface area contributed by atoms with Gasteiger partial charge in [0, 0.05) is 17.8 Å². The molecular formula is C17H16ClN5O2. The van der Waals surface area contributed by atoms with Crippen molar-refractivity contribution in [3.63, 3.8) is 0 Å². The van der Waals surface area contributed by atoms with Gasteiger partial charge in [-0.3, -0.25) is 14.8 Å². The number of aromatic nitrogens is 3. The van der Waals surface area contributed by atoms with Gasteiger partial charge in [-0.25, -0.2) is 4.98 Å². The van der Waals surface area contributed by atoms with Crippen molar-refractivity contribution in [3.8, 4) is 0 Å². The minimum Gasteiger partial charge on any atom is -0.362 e. The van der Waals surface area contributed by atoms with E-state index >= 15 is 0 Å². The topological polar surface area (TPSA) is 85.9 Å². The Labute approximate surface area is 149 Å². The van der Waals surface area contributed by atoms with E-state index in [0.29, 0.717) is 12.4 Å². The predicted octanol–water partition coefficient (Wildman–Crippen LogP) is 4.06. The van der Waals surface area contributed by atoms with Gasteiger partial charge >= 0.3 is 0 Å². The maximum absolute atomic E-state index is 10.7. The number of hydrogen-bond acceptors (Lipinski definition) is 5. The molecule has 0 aliphatic heterocycles. The highest BCUT2D eigenvalue weighted by Gasteiger charge is 2.14. The Morgan fingerprint density at radius 2 is 2.08 bits per heavy atom. The molecule has 0 fully saturated rings. The fourth-order valence-electron chi connectivity index (χ4n) is 2.38. The number of rotatable bonds is 6. The molecule has 128 valence electrons. The van der Waals surface area contributed by atoms with E-state index < -0.39 is 4.92 Å². The van der Waals surface area contributed by atoms with Crippen LogP contribution in [0.15, 0.2) is 55.0 Å². The molecule has 0 saturated carbocycles. The SMILES string of the molecule is CC(Nc1ncc([N+](=O)[O-])cc1Cl)c1cnn(Cc2ccccc2)c1. The number of nitrogens with zero attached hydrogens (tertiary/aromatic N) is 4. The molecule has 3 aromatic rings. The maximum atomic E-state index is 10.7. The summed E-state index contributed by atoms with van der Waals surface area (Å²) in [6.07, 6.45) is 4.91. The number of hydrogen-bond donors (Lipinski definition) is 1. The summed E-state index contributed by atoms with van der Waals surface area (Å²) < 4.78 is 1.85. The van der Waals surface area contributed by atoms with Crippen molar-refractivity contribution in [1.82, 2.24) is 14.8 Å². The van der Waals surface area contributed by atoms with E-state index in [2.05, 4.69) is 15.4 Å². The van der Waals surface area contributed by atoms with Crippen molar-refractivity contribution >= 4 is 23.1 Å². The van der Waals surface area contributed by atoms with Gasteiger partial charge in [0.15, 0.2) is 0 Å². The molecular weight excluding hydrogens is 342 g/mol. The zero-order valence-corrected chi connectivity index (χ0v) is 14.2. The Morgan fingerprint density at radius 1 is 1.32 bits per heavy atom. The van der Waals surface area contributed by atoms with E-state index in [1.807, 2.05) is 48.1 Å². The van der Waals surface area contributed by atoms with Crippen LogP contribution in [0.5, 0.6) is 0 Å². The summed E-state index contributed by atoms with van der Waals surface area (Å²) in [4.78, 5) is 14.2. The van der Waals surface area contributed by atoms with E-state index in [9.17, 15) is 10.1 Å². The van der Waals surface area contributed by atoms with Crippen molar-refractivity contribution in [2.24, 2.45) is 0 Å². The standard InChI is InChI=1S/C17H16ClN5O2/c1-12(21-17-16(18)7-15(9-19-17)23(24)25)14-8-20-22(11-14)10-13-5-3-2-4-6-13/h2-9,11-12H,10H2,1H3,(H,19,21). The average Bonchev–Trinajstić information content (AvgIpc) is 3.06. The monoisotopic (exact) mass is 357 g/mol. The Balaban J connectivity index is 1.69. The highest BCUT2D eigenvalue weighted by Crippen LogP contribution is 2.27. The van der Waals surface area contributed by atoms with Crippen LogP contribution in [-0.2, 0) is 6.54 Å². The van der Waals surface area contributed by atoms with Crippen LogP contribution < -0.4 is 5.32 Å². The van der Waals surface area contributed by atoms with Gasteiger partial charge in [-0.05, 0) is 12.5 Å². The van der Waals surface area contributed by atoms with Gasteiger partial charge in [-0.2, -0.15) is 5.10 Å². The number of pyridine rings is 1. The van der Waals surface area contributed by atoms with E-state index in [4.69, 9.17) is 11.6 Å². The predicted molar refractivity (Wildman–Crippen MR) is 95.7 cm³/mol. The highest BCUT2D eigenvalue weighted by atomic mass is 35.5. The van der Waals surface area contributed by atoms with Crippen molar-refractivity contribution < 1.29 is 4.92 Å². The molecule has 0 spiro atoms. The van der Waals surface area contributed by atoms with Crippen LogP contribution in [0.3, 0.4) is 0 Å². The van der Waals surface area contributed by atoms with Crippen LogP contribution in [0.1, 0.15) is 24.1 Å². The molecule has 0 aliphatic carbocycles. The molecule has 0 aliphatic rings. The molecule has 1 unspecified atom stereocenters. The summed E-state index contributed by atoms with van der Waals surface area (Å²) in [6.45, 7) is 2.63. The summed E-state index contributed by atoms with van der Waals surface area (Å²) in [7, 11) is 0. The van der Waals surface area contributed by atoms with Gasteiger partial charge in [-0.15, -0.1) is 0 Å². The van der Waals surface area contributed by atoms with Gasteiger partial charge in [0.2, 0.25) is 0 Å². The fraction of sp³-hybridized carbons (Fsp3) is 0.176. The highest BCUT2D eigenvalue weighted by molar-refractivity contribution is 6.33. The molecule has 25 heavy (non-hydrogen) atoms. The molecule has 0 radical (unpaired) electrons. The molecule has 1 atom stereocenters. The number of benzene rings is 1. The minimum atomic E-state index is -0.528. The molecule has 0 saturated heterocycles. The van der Waals surface area contributed by atoms with Crippen molar-refractivity contribution in [2.75, 3.05) is 5.32 Å². The number of anilines is 1. The second-order valence-electron chi connectivity index (χ2n) is 5.60. The summed E-state index contributed by atoms with van der Waals surface area (Å²) in [5.74, 6) is 0.399. The van der Waals surface area contributed by atoms with Crippen molar-refractivity contribution in [2.45, 2.75) is 19.5 Å². The third-order valence-electron chi connectivity index (χ3n) is 3.73. The lowest BCUT2D eigenvalue weighted by molar-refractivity contribution is -0.385. The lowest BCUT2D eigenvalue weighted by Crippen LogP contribution is -2.08. The molecule has 2 heterocycles. The summed E-state index contributed by atoms with van der Waals surface area (Å²) in [5, 5.41) is 18.5. The Morgan fingerprint density at radius 3 is 2.76 bits per heavy atom. The van der Waals surface area contributed by atoms with Crippen LogP contribution in [0.4, 0.5) is 11.5 Å².